The third-order valence-electron chi connectivity index (χ3n) is 2.23. The van der Waals surface area contributed by atoms with E-state index in [1.807, 2.05) is 0 Å². The third kappa shape index (κ3) is 1.24. The minimum atomic E-state index is 0.248. The minimum absolute atomic E-state index is 0.248. The summed E-state index contributed by atoms with van der Waals surface area (Å²) in [6, 6.07) is 1.62. The Labute approximate surface area is 94.4 Å². The first-order chi connectivity index (χ1) is 7.75. The van der Waals surface area contributed by atoms with Crippen LogP contribution in [0.15, 0.2) is 23.1 Å². The second kappa shape index (κ2) is 3.21. The molecule has 0 atom stereocenters. The molecule has 0 fully saturated rings. The number of nitrogens with two attached hydrogens (primary N) is 1. The van der Waals surface area contributed by atoms with Gasteiger partial charge in [0, 0.05) is 17.8 Å². The normalized spacial score (nSPS) is 11.1. The Morgan fingerprint density at radius 3 is 3.00 bits per heavy atom. The van der Waals surface area contributed by atoms with Crippen molar-refractivity contribution in [3.63, 3.8) is 0 Å². The highest BCUT2D eigenvalue weighted by Crippen LogP contribution is 2.31. The van der Waals surface area contributed by atoms with E-state index in [4.69, 9.17) is 21.9 Å². The zero-order chi connectivity index (χ0) is 11.1. The lowest BCUT2D eigenvalue weighted by molar-refractivity contribution is 0.439. The van der Waals surface area contributed by atoms with Gasteiger partial charge in [0.25, 0.3) is 0 Å². The molecule has 0 radical (unpaired) electrons. The zero-order valence-electron chi connectivity index (χ0n) is 7.94. The molecule has 0 saturated carbocycles. The summed E-state index contributed by atoms with van der Waals surface area (Å²) in [7, 11) is 0. The van der Waals surface area contributed by atoms with Crippen LogP contribution in [0.4, 0.5) is 5.88 Å². The first-order valence-corrected chi connectivity index (χ1v) is 4.83. The molecule has 0 bridgehead atoms. The number of nitrogen functional groups attached to an aromatic ring is 1. The van der Waals surface area contributed by atoms with Crippen molar-refractivity contribution in [3.05, 3.63) is 23.7 Å². The lowest BCUT2D eigenvalue weighted by atomic mass is 10.2. The lowest BCUT2D eigenvalue weighted by Gasteiger charge is -1.94. The van der Waals surface area contributed by atoms with E-state index in [9.17, 15) is 0 Å². The van der Waals surface area contributed by atoms with Gasteiger partial charge in [-0.25, -0.2) is 9.97 Å². The number of halogens is 1. The monoisotopic (exact) mass is 235 g/mol. The van der Waals surface area contributed by atoms with Gasteiger partial charge in [-0.05, 0) is 0 Å². The fraction of sp³-hybridized carbons (Fsp3) is 0. The Morgan fingerprint density at radius 2 is 2.25 bits per heavy atom. The lowest BCUT2D eigenvalue weighted by Crippen LogP contribution is -1.82. The highest BCUT2D eigenvalue weighted by Gasteiger charge is 2.14. The van der Waals surface area contributed by atoms with E-state index in [-0.39, 0.29) is 5.88 Å². The molecule has 0 saturated heterocycles. The third-order valence-corrected chi connectivity index (χ3v) is 2.51. The second-order valence-corrected chi connectivity index (χ2v) is 3.56. The predicted octanol–water partition coefficient (Wildman–Crippen LogP) is 1.85. The average Bonchev–Trinajstić information content (AvgIpc) is 2.84. The molecule has 0 aliphatic heterocycles. The maximum Gasteiger partial charge on any atom is 0.222 e. The molecule has 0 unspecified atom stereocenters. The van der Waals surface area contributed by atoms with Gasteiger partial charge in [-0.1, -0.05) is 16.8 Å². The molecule has 3 rings (SSSR count). The summed E-state index contributed by atoms with van der Waals surface area (Å²) in [6.45, 7) is 0. The van der Waals surface area contributed by atoms with Gasteiger partial charge >= 0.3 is 0 Å². The Hall–Kier alpha value is -2.08. The first-order valence-electron chi connectivity index (χ1n) is 4.46. The van der Waals surface area contributed by atoms with Crippen molar-refractivity contribution >= 4 is 28.5 Å². The Kier molecular flexibility index (Phi) is 1.84. The molecule has 80 valence electrons. The first kappa shape index (κ1) is 9.17. The largest absolute Gasteiger partial charge is 0.368 e. The van der Waals surface area contributed by atoms with Crippen LogP contribution in [0.1, 0.15) is 0 Å². The van der Waals surface area contributed by atoms with Gasteiger partial charge in [-0.3, -0.25) is 0 Å². The number of nitrogens with zero attached hydrogens (tertiary/aromatic N) is 3. The van der Waals surface area contributed by atoms with E-state index in [1.165, 1.54) is 6.33 Å². The van der Waals surface area contributed by atoms with Crippen molar-refractivity contribution in [1.29, 1.82) is 0 Å². The number of nitrogens with one attached hydrogen (secondary N) is 1. The maximum atomic E-state index is 6.00. The van der Waals surface area contributed by atoms with Gasteiger partial charge in [-0.15, -0.1) is 0 Å². The number of hydrogen-bond acceptors (Lipinski definition) is 5. The summed E-state index contributed by atoms with van der Waals surface area (Å²) < 4.78 is 4.81. The minimum Gasteiger partial charge on any atom is -0.368 e. The van der Waals surface area contributed by atoms with E-state index in [1.54, 1.807) is 12.3 Å². The van der Waals surface area contributed by atoms with Gasteiger partial charge in [0.1, 0.15) is 22.8 Å². The van der Waals surface area contributed by atoms with Crippen LogP contribution >= 0.6 is 11.6 Å². The van der Waals surface area contributed by atoms with E-state index in [0.717, 1.165) is 5.56 Å². The van der Waals surface area contributed by atoms with Gasteiger partial charge in [-0.2, -0.15) is 0 Å². The van der Waals surface area contributed by atoms with Gasteiger partial charge < -0.3 is 15.2 Å². The highest BCUT2D eigenvalue weighted by molar-refractivity contribution is 6.35. The summed E-state index contributed by atoms with van der Waals surface area (Å²) in [4.78, 5) is 11.0. The summed E-state index contributed by atoms with van der Waals surface area (Å²) in [5, 5.41) is 4.88. The Balaban J connectivity index is 2.32. The van der Waals surface area contributed by atoms with Crippen molar-refractivity contribution < 1.29 is 4.52 Å². The molecular formula is C9H6ClN5O. The highest BCUT2D eigenvalue weighted by atomic mass is 35.5. The molecule has 3 heterocycles. The molecule has 0 aliphatic rings. The van der Waals surface area contributed by atoms with E-state index in [2.05, 4.69) is 20.1 Å². The molecule has 16 heavy (non-hydrogen) atoms. The fourth-order valence-corrected chi connectivity index (χ4v) is 1.78. The van der Waals surface area contributed by atoms with E-state index < -0.39 is 0 Å². The van der Waals surface area contributed by atoms with Crippen molar-refractivity contribution in [2.24, 2.45) is 0 Å². The molecule has 0 aliphatic carbocycles. The number of anilines is 1. The SMILES string of the molecule is Nc1cc(-c2c[nH]c3ncnc(Cl)c23)no1. The summed E-state index contributed by atoms with van der Waals surface area (Å²) in [5.41, 5.74) is 7.48. The van der Waals surface area contributed by atoms with Crippen molar-refractivity contribution in [3.8, 4) is 11.3 Å². The molecule has 6 nitrogen and oxygen atoms in total. The van der Waals surface area contributed by atoms with Crippen molar-refractivity contribution in [2.75, 3.05) is 5.73 Å². The molecule has 3 aromatic rings. The van der Waals surface area contributed by atoms with Gasteiger partial charge in [0.15, 0.2) is 0 Å². The maximum absolute atomic E-state index is 6.00. The van der Waals surface area contributed by atoms with Crippen LogP contribution in [-0.4, -0.2) is 20.1 Å². The molecule has 0 aromatic carbocycles. The average molecular weight is 236 g/mol. The number of H-pyrrole nitrogens is 1. The molecule has 7 heteroatoms. The fourth-order valence-electron chi connectivity index (χ4n) is 1.54. The van der Waals surface area contributed by atoms with Crippen LogP contribution in [-0.2, 0) is 0 Å². The zero-order valence-corrected chi connectivity index (χ0v) is 8.69. The number of rotatable bonds is 1. The van der Waals surface area contributed by atoms with Crippen LogP contribution < -0.4 is 5.73 Å². The number of hydrogen-bond donors (Lipinski definition) is 2. The second-order valence-electron chi connectivity index (χ2n) is 3.20. The summed E-state index contributed by atoms with van der Waals surface area (Å²) >= 11 is 6.00. The molecule has 3 N–H and O–H groups in total. The van der Waals surface area contributed by atoms with E-state index in [0.29, 0.717) is 21.9 Å². The van der Waals surface area contributed by atoms with Crippen LogP contribution in [0.2, 0.25) is 5.15 Å². The topological polar surface area (TPSA) is 93.6 Å². The molecule has 3 aromatic heterocycles. The Morgan fingerprint density at radius 1 is 1.38 bits per heavy atom. The number of fused-ring (bicyclic) bond motifs is 1. The van der Waals surface area contributed by atoms with Crippen LogP contribution in [0.3, 0.4) is 0 Å². The quantitative estimate of drug-likeness (QED) is 0.628. The van der Waals surface area contributed by atoms with Crippen LogP contribution in [0.5, 0.6) is 0 Å². The summed E-state index contributed by atoms with van der Waals surface area (Å²) in [5.74, 6) is 0.248. The smallest absolute Gasteiger partial charge is 0.222 e. The van der Waals surface area contributed by atoms with Crippen molar-refractivity contribution in [1.82, 2.24) is 20.1 Å². The van der Waals surface area contributed by atoms with Crippen LogP contribution in [0, 0.1) is 0 Å². The standard InChI is InChI=1S/C9H6ClN5O/c10-8-7-4(5-1-6(11)16-15-5)2-12-9(7)14-3-13-8/h1-3H,11H2,(H,12,13,14). The Bertz CT molecular complexity index is 659. The predicted molar refractivity (Wildman–Crippen MR) is 58.8 cm³/mol. The molecule has 0 amide bonds. The number of aromatic amines is 1. The number of aromatic nitrogens is 4. The van der Waals surface area contributed by atoms with Gasteiger partial charge in [0.2, 0.25) is 5.88 Å². The van der Waals surface area contributed by atoms with Gasteiger partial charge in [0.05, 0.1) is 5.39 Å². The molecular weight excluding hydrogens is 230 g/mol. The molecule has 0 spiro atoms. The summed E-state index contributed by atoms with van der Waals surface area (Å²) in [6.07, 6.45) is 3.13. The van der Waals surface area contributed by atoms with E-state index >= 15 is 0 Å². The van der Waals surface area contributed by atoms with Crippen molar-refractivity contribution in [2.45, 2.75) is 0 Å². The van der Waals surface area contributed by atoms with Crippen LogP contribution in [0.25, 0.3) is 22.3 Å².